The Morgan fingerprint density at radius 2 is 1.65 bits per heavy atom. The van der Waals surface area contributed by atoms with Gasteiger partial charge in [-0.25, -0.2) is 12.8 Å². The van der Waals surface area contributed by atoms with Gasteiger partial charge in [0, 0.05) is 24.7 Å². The van der Waals surface area contributed by atoms with Crippen molar-refractivity contribution >= 4 is 27.5 Å². The Hall–Kier alpha value is -3.92. The van der Waals surface area contributed by atoms with Crippen LogP contribution >= 0.6 is 0 Å². The number of methoxy groups -OCH3 is 1. The van der Waals surface area contributed by atoms with Crippen molar-refractivity contribution in [1.29, 1.82) is 0 Å². The number of amides is 2. The minimum Gasteiger partial charge on any atom is -0.497 e. The predicted molar refractivity (Wildman–Crippen MR) is 153 cm³/mol. The van der Waals surface area contributed by atoms with E-state index in [0.29, 0.717) is 12.3 Å². The molecule has 3 aromatic rings. The molecule has 0 saturated carbocycles. The first-order valence-electron chi connectivity index (χ1n) is 13.0. The molecule has 40 heavy (non-hydrogen) atoms. The fourth-order valence-electron chi connectivity index (χ4n) is 3.98. The lowest BCUT2D eigenvalue weighted by atomic mass is 10.1. The quantitative estimate of drug-likeness (QED) is 0.346. The first kappa shape index (κ1) is 30.6. The lowest BCUT2D eigenvalue weighted by Crippen LogP contribution is -2.51. The van der Waals surface area contributed by atoms with Crippen LogP contribution in [-0.4, -0.2) is 51.4 Å². The fraction of sp³-hybridized carbons (Fsp3) is 0.333. The molecule has 0 aliphatic rings. The molecule has 0 fully saturated rings. The van der Waals surface area contributed by atoms with Crippen LogP contribution in [0.3, 0.4) is 0 Å². The number of halogens is 1. The van der Waals surface area contributed by atoms with Gasteiger partial charge in [0.1, 0.15) is 24.2 Å². The molecule has 10 heteroatoms. The SMILES string of the molecule is COc1cccc(N(CC(=O)N(Cc2ccccc2F)C(C)C(=O)NCC(C)C)S(=O)(=O)c2ccc(C)cc2)c1. The molecule has 3 rings (SSSR count). The molecule has 8 nitrogen and oxygen atoms in total. The standard InChI is InChI=1S/C30H36FN3O5S/c1-21(2)18-32-30(36)23(4)33(19-24-9-6-7-12-28(24)31)29(35)20-34(25-10-8-11-26(17-25)39-5)40(37,38)27-15-13-22(3)14-16-27/h6-17,21,23H,18-20H2,1-5H3,(H,32,36). The van der Waals surface area contributed by atoms with Crippen LogP contribution in [-0.2, 0) is 26.2 Å². The van der Waals surface area contributed by atoms with Gasteiger partial charge in [-0.1, -0.05) is 55.8 Å². The van der Waals surface area contributed by atoms with Gasteiger partial charge in [0.15, 0.2) is 0 Å². The number of hydrogen-bond acceptors (Lipinski definition) is 5. The number of carbonyl (C=O) groups excluding carboxylic acids is 2. The van der Waals surface area contributed by atoms with Crippen molar-refractivity contribution in [3.05, 3.63) is 89.7 Å². The molecule has 0 aliphatic carbocycles. The first-order valence-corrected chi connectivity index (χ1v) is 14.4. The van der Waals surface area contributed by atoms with E-state index in [9.17, 15) is 22.4 Å². The first-order chi connectivity index (χ1) is 18.9. The third-order valence-electron chi connectivity index (χ3n) is 6.38. The Morgan fingerprint density at radius 3 is 2.27 bits per heavy atom. The number of rotatable bonds is 12. The van der Waals surface area contributed by atoms with Crippen LogP contribution in [0.5, 0.6) is 5.75 Å². The summed E-state index contributed by atoms with van der Waals surface area (Å²) in [5.74, 6) is -1.05. The van der Waals surface area contributed by atoms with E-state index in [1.54, 1.807) is 43.3 Å². The molecular weight excluding hydrogens is 533 g/mol. The lowest BCUT2D eigenvalue weighted by Gasteiger charge is -2.32. The molecule has 0 spiro atoms. The lowest BCUT2D eigenvalue weighted by molar-refractivity contribution is -0.139. The summed E-state index contributed by atoms with van der Waals surface area (Å²) >= 11 is 0. The highest BCUT2D eigenvalue weighted by atomic mass is 32.2. The third-order valence-corrected chi connectivity index (χ3v) is 8.17. The number of benzene rings is 3. The van der Waals surface area contributed by atoms with E-state index in [0.717, 1.165) is 9.87 Å². The van der Waals surface area contributed by atoms with Gasteiger partial charge in [-0.05, 0) is 50.1 Å². The third kappa shape index (κ3) is 7.59. The average molecular weight is 570 g/mol. The maximum absolute atomic E-state index is 14.6. The van der Waals surface area contributed by atoms with E-state index < -0.39 is 40.2 Å². The van der Waals surface area contributed by atoms with Crippen LogP contribution in [0.1, 0.15) is 31.9 Å². The monoisotopic (exact) mass is 569 g/mol. The Kier molecular flexibility index (Phi) is 10.3. The summed E-state index contributed by atoms with van der Waals surface area (Å²) in [6.07, 6.45) is 0. The number of anilines is 1. The van der Waals surface area contributed by atoms with Gasteiger partial charge in [-0.2, -0.15) is 0 Å². The number of sulfonamides is 1. The second kappa shape index (κ2) is 13.4. The smallest absolute Gasteiger partial charge is 0.264 e. The minimum atomic E-state index is -4.22. The molecule has 0 saturated heterocycles. The van der Waals surface area contributed by atoms with Crippen molar-refractivity contribution in [2.45, 2.75) is 45.2 Å². The summed E-state index contributed by atoms with van der Waals surface area (Å²) in [7, 11) is -2.76. The number of nitrogens with zero attached hydrogens (tertiary/aromatic N) is 2. The Labute approximate surface area is 235 Å². The maximum Gasteiger partial charge on any atom is 0.264 e. The molecule has 1 atom stereocenters. The Balaban J connectivity index is 2.04. The van der Waals surface area contributed by atoms with Gasteiger partial charge < -0.3 is 15.0 Å². The average Bonchev–Trinajstić information content (AvgIpc) is 2.93. The van der Waals surface area contributed by atoms with Crippen LogP contribution < -0.4 is 14.4 Å². The van der Waals surface area contributed by atoms with Gasteiger partial charge in [0.05, 0.1) is 17.7 Å². The van der Waals surface area contributed by atoms with Gasteiger partial charge in [0.2, 0.25) is 11.8 Å². The zero-order chi connectivity index (χ0) is 29.4. The van der Waals surface area contributed by atoms with Gasteiger partial charge in [0.25, 0.3) is 10.0 Å². The van der Waals surface area contributed by atoms with Crippen molar-refractivity contribution in [3.63, 3.8) is 0 Å². The van der Waals surface area contributed by atoms with Crippen LogP contribution in [0.2, 0.25) is 0 Å². The fourth-order valence-corrected chi connectivity index (χ4v) is 5.38. The van der Waals surface area contributed by atoms with Crippen LogP contribution in [0.15, 0.2) is 77.7 Å². The summed E-state index contributed by atoms with van der Waals surface area (Å²) in [6, 6.07) is 17.6. The summed E-state index contributed by atoms with van der Waals surface area (Å²) in [5, 5.41) is 2.80. The van der Waals surface area contributed by atoms with Gasteiger partial charge in [-0.3, -0.25) is 13.9 Å². The van der Waals surface area contributed by atoms with E-state index in [4.69, 9.17) is 4.74 Å². The summed E-state index contributed by atoms with van der Waals surface area (Å²) in [6.45, 7) is 6.80. The van der Waals surface area contributed by atoms with Crippen molar-refractivity contribution < 1.29 is 27.1 Å². The molecule has 0 heterocycles. The molecule has 214 valence electrons. The van der Waals surface area contributed by atoms with E-state index >= 15 is 0 Å². The highest BCUT2D eigenvalue weighted by Crippen LogP contribution is 2.28. The molecule has 2 amide bonds. The maximum atomic E-state index is 14.6. The molecule has 3 aromatic carbocycles. The Bertz CT molecular complexity index is 1430. The van der Waals surface area contributed by atoms with E-state index in [2.05, 4.69) is 5.32 Å². The van der Waals surface area contributed by atoms with Crippen molar-refractivity contribution in [2.24, 2.45) is 5.92 Å². The Morgan fingerprint density at radius 1 is 0.975 bits per heavy atom. The topological polar surface area (TPSA) is 96.0 Å². The molecule has 0 aromatic heterocycles. The largest absolute Gasteiger partial charge is 0.497 e. The molecule has 0 radical (unpaired) electrons. The van der Waals surface area contributed by atoms with E-state index in [-0.39, 0.29) is 28.6 Å². The second-order valence-electron chi connectivity index (χ2n) is 9.95. The summed E-state index contributed by atoms with van der Waals surface area (Å²) in [5.41, 5.74) is 1.28. The van der Waals surface area contributed by atoms with Crippen molar-refractivity contribution in [1.82, 2.24) is 10.2 Å². The number of carbonyl (C=O) groups is 2. The minimum absolute atomic E-state index is 0.00269. The molecule has 1 unspecified atom stereocenters. The number of nitrogens with one attached hydrogen (secondary N) is 1. The van der Waals surface area contributed by atoms with Crippen LogP contribution in [0.25, 0.3) is 0 Å². The van der Waals surface area contributed by atoms with E-state index in [1.807, 2.05) is 20.8 Å². The summed E-state index contributed by atoms with van der Waals surface area (Å²) in [4.78, 5) is 28.1. The molecule has 0 aliphatic heterocycles. The zero-order valence-corrected chi connectivity index (χ0v) is 24.2. The highest BCUT2D eigenvalue weighted by molar-refractivity contribution is 7.92. The van der Waals surface area contributed by atoms with Crippen molar-refractivity contribution in [2.75, 3.05) is 24.5 Å². The van der Waals surface area contributed by atoms with Gasteiger partial charge in [-0.15, -0.1) is 0 Å². The highest BCUT2D eigenvalue weighted by Gasteiger charge is 2.33. The number of hydrogen-bond donors (Lipinski definition) is 1. The summed E-state index contributed by atoms with van der Waals surface area (Å²) < 4.78 is 48.6. The van der Waals surface area contributed by atoms with E-state index in [1.165, 1.54) is 48.4 Å². The normalized spacial score (nSPS) is 12.1. The number of aryl methyl sites for hydroxylation is 1. The number of ether oxygens (including phenoxy) is 1. The molecule has 0 bridgehead atoms. The molecule has 1 N–H and O–H groups in total. The predicted octanol–water partition coefficient (Wildman–Crippen LogP) is 4.53. The second-order valence-corrected chi connectivity index (χ2v) is 11.8. The van der Waals surface area contributed by atoms with Crippen LogP contribution in [0.4, 0.5) is 10.1 Å². The van der Waals surface area contributed by atoms with Crippen LogP contribution in [0, 0.1) is 18.7 Å². The van der Waals surface area contributed by atoms with Gasteiger partial charge >= 0.3 is 0 Å². The zero-order valence-electron chi connectivity index (χ0n) is 23.4. The van der Waals surface area contributed by atoms with Crippen molar-refractivity contribution in [3.8, 4) is 5.75 Å². The molecular formula is C30H36FN3O5S.